The number of rotatable bonds is 8. The van der Waals surface area contributed by atoms with Gasteiger partial charge in [0.1, 0.15) is 0 Å². The SMILES string of the molecule is O=C(O)CCC(=O)N(C1CC1)C1CCN(CCc2ccccc2)CC1. The van der Waals surface area contributed by atoms with Gasteiger partial charge in [0, 0.05) is 38.1 Å². The predicted molar refractivity (Wildman–Crippen MR) is 96.3 cm³/mol. The zero-order valence-corrected chi connectivity index (χ0v) is 14.8. The Labute approximate surface area is 149 Å². The van der Waals surface area contributed by atoms with Crippen molar-refractivity contribution in [2.24, 2.45) is 0 Å². The molecule has 1 heterocycles. The Balaban J connectivity index is 1.46. The Morgan fingerprint density at radius 3 is 2.24 bits per heavy atom. The van der Waals surface area contributed by atoms with Gasteiger partial charge in [-0.25, -0.2) is 0 Å². The van der Waals surface area contributed by atoms with Crippen molar-refractivity contribution < 1.29 is 14.7 Å². The first-order valence-electron chi connectivity index (χ1n) is 9.42. The van der Waals surface area contributed by atoms with Gasteiger partial charge in [-0.05, 0) is 37.7 Å². The molecule has 0 atom stereocenters. The van der Waals surface area contributed by atoms with Gasteiger partial charge in [-0.3, -0.25) is 9.59 Å². The summed E-state index contributed by atoms with van der Waals surface area (Å²) in [5.41, 5.74) is 1.37. The third kappa shape index (κ3) is 5.30. The van der Waals surface area contributed by atoms with Crippen molar-refractivity contribution in [3.8, 4) is 0 Å². The molecule has 136 valence electrons. The highest BCUT2D eigenvalue weighted by atomic mass is 16.4. The van der Waals surface area contributed by atoms with E-state index >= 15 is 0 Å². The van der Waals surface area contributed by atoms with Crippen LogP contribution in [-0.2, 0) is 16.0 Å². The van der Waals surface area contributed by atoms with Crippen LogP contribution in [0.2, 0.25) is 0 Å². The summed E-state index contributed by atoms with van der Waals surface area (Å²) in [7, 11) is 0. The molecule has 1 aromatic carbocycles. The second kappa shape index (κ2) is 8.48. The highest BCUT2D eigenvalue weighted by Gasteiger charge is 2.38. The third-order valence-corrected chi connectivity index (χ3v) is 5.29. The number of aliphatic carboxylic acids is 1. The minimum Gasteiger partial charge on any atom is -0.481 e. The van der Waals surface area contributed by atoms with Crippen LogP contribution in [0.4, 0.5) is 0 Å². The van der Waals surface area contributed by atoms with Crippen LogP contribution >= 0.6 is 0 Å². The van der Waals surface area contributed by atoms with Crippen molar-refractivity contribution in [1.29, 1.82) is 0 Å². The topological polar surface area (TPSA) is 60.9 Å². The number of nitrogens with zero attached hydrogens (tertiary/aromatic N) is 2. The van der Waals surface area contributed by atoms with Crippen LogP contribution in [0.3, 0.4) is 0 Å². The lowest BCUT2D eigenvalue weighted by molar-refractivity contribution is -0.142. The molecule has 25 heavy (non-hydrogen) atoms. The number of benzene rings is 1. The maximum atomic E-state index is 12.5. The average molecular weight is 344 g/mol. The van der Waals surface area contributed by atoms with Crippen LogP contribution in [0.1, 0.15) is 44.1 Å². The monoisotopic (exact) mass is 344 g/mol. The van der Waals surface area contributed by atoms with Crippen molar-refractivity contribution in [1.82, 2.24) is 9.80 Å². The molecular weight excluding hydrogens is 316 g/mol. The minimum absolute atomic E-state index is 0.0348. The molecule has 0 aromatic heterocycles. The molecule has 1 aromatic rings. The molecule has 1 amide bonds. The smallest absolute Gasteiger partial charge is 0.303 e. The summed E-state index contributed by atoms with van der Waals surface area (Å²) in [5, 5.41) is 8.82. The minimum atomic E-state index is -0.889. The number of carbonyl (C=O) groups excluding carboxylic acids is 1. The number of piperidine rings is 1. The van der Waals surface area contributed by atoms with Gasteiger partial charge >= 0.3 is 5.97 Å². The third-order valence-electron chi connectivity index (χ3n) is 5.29. The summed E-state index contributed by atoms with van der Waals surface area (Å²) in [5.74, 6) is -0.854. The highest BCUT2D eigenvalue weighted by molar-refractivity contribution is 5.81. The van der Waals surface area contributed by atoms with Crippen LogP contribution in [0.5, 0.6) is 0 Å². The molecule has 5 nitrogen and oxygen atoms in total. The average Bonchev–Trinajstić information content (AvgIpc) is 3.45. The normalized spacial score (nSPS) is 18.9. The Morgan fingerprint density at radius 1 is 1.00 bits per heavy atom. The van der Waals surface area contributed by atoms with Crippen LogP contribution in [0.15, 0.2) is 30.3 Å². The summed E-state index contributed by atoms with van der Waals surface area (Å²) in [6, 6.07) is 11.2. The van der Waals surface area contributed by atoms with Crippen molar-refractivity contribution in [3.05, 3.63) is 35.9 Å². The lowest BCUT2D eigenvalue weighted by Crippen LogP contribution is -2.48. The van der Waals surface area contributed by atoms with E-state index in [1.807, 2.05) is 11.0 Å². The number of carboxylic acids is 1. The number of carbonyl (C=O) groups is 2. The van der Waals surface area contributed by atoms with E-state index < -0.39 is 5.97 Å². The van der Waals surface area contributed by atoms with Crippen LogP contribution in [0.25, 0.3) is 0 Å². The summed E-state index contributed by atoms with van der Waals surface area (Å²) in [4.78, 5) is 27.7. The Bertz CT molecular complexity index is 578. The van der Waals surface area contributed by atoms with E-state index in [0.717, 1.165) is 51.7 Å². The summed E-state index contributed by atoms with van der Waals surface area (Å²) < 4.78 is 0. The standard InChI is InChI=1S/C20H28N2O3/c23-19(8-9-20(24)25)22(17-6-7-17)18-11-14-21(15-12-18)13-10-16-4-2-1-3-5-16/h1-5,17-18H,6-15H2,(H,24,25). The fourth-order valence-corrected chi connectivity index (χ4v) is 3.75. The number of hydrogen-bond donors (Lipinski definition) is 1. The summed E-state index contributed by atoms with van der Waals surface area (Å²) >= 11 is 0. The molecule has 1 saturated heterocycles. The molecule has 3 rings (SSSR count). The molecule has 1 saturated carbocycles. The molecule has 2 aliphatic rings. The van der Waals surface area contributed by atoms with Crippen molar-refractivity contribution in [3.63, 3.8) is 0 Å². The second-order valence-corrected chi connectivity index (χ2v) is 7.23. The molecular formula is C20H28N2O3. The Morgan fingerprint density at radius 2 is 1.64 bits per heavy atom. The van der Waals surface area contributed by atoms with E-state index in [1.54, 1.807) is 0 Å². The molecule has 0 unspecified atom stereocenters. The van der Waals surface area contributed by atoms with Crippen LogP contribution < -0.4 is 0 Å². The van der Waals surface area contributed by atoms with Gasteiger partial charge in [0.05, 0.1) is 6.42 Å². The molecule has 0 bridgehead atoms. The van der Waals surface area contributed by atoms with E-state index in [2.05, 4.69) is 29.2 Å². The molecule has 1 aliphatic heterocycles. The fourth-order valence-electron chi connectivity index (χ4n) is 3.75. The van der Waals surface area contributed by atoms with Gasteiger partial charge in [0.15, 0.2) is 0 Å². The number of hydrogen-bond acceptors (Lipinski definition) is 3. The molecule has 0 spiro atoms. The van der Waals surface area contributed by atoms with Crippen LogP contribution in [0, 0.1) is 0 Å². The zero-order valence-electron chi connectivity index (χ0n) is 14.8. The van der Waals surface area contributed by atoms with Gasteiger partial charge < -0.3 is 14.9 Å². The first kappa shape index (κ1) is 17.9. The molecule has 0 radical (unpaired) electrons. The predicted octanol–water partition coefficient (Wildman–Crippen LogP) is 2.55. The second-order valence-electron chi connectivity index (χ2n) is 7.23. The number of likely N-dealkylation sites (tertiary alicyclic amines) is 1. The first-order valence-corrected chi connectivity index (χ1v) is 9.42. The molecule has 1 N–H and O–H groups in total. The largest absolute Gasteiger partial charge is 0.481 e. The Kier molecular flexibility index (Phi) is 6.08. The summed E-state index contributed by atoms with van der Waals surface area (Å²) in [6.45, 7) is 3.10. The van der Waals surface area contributed by atoms with Gasteiger partial charge in [-0.15, -0.1) is 0 Å². The fraction of sp³-hybridized carbons (Fsp3) is 0.600. The van der Waals surface area contributed by atoms with Crippen molar-refractivity contribution in [2.45, 2.75) is 57.0 Å². The van der Waals surface area contributed by atoms with E-state index in [-0.39, 0.29) is 18.7 Å². The van der Waals surface area contributed by atoms with Gasteiger partial charge in [0.25, 0.3) is 0 Å². The Hall–Kier alpha value is -1.88. The van der Waals surface area contributed by atoms with E-state index in [9.17, 15) is 9.59 Å². The maximum absolute atomic E-state index is 12.5. The van der Waals surface area contributed by atoms with E-state index in [1.165, 1.54) is 5.56 Å². The van der Waals surface area contributed by atoms with E-state index in [4.69, 9.17) is 5.11 Å². The molecule has 5 heteroatoms. The van der Waals surface area contributed by atoms with Gasteiger partial charge in [0.2, 0.25) is 5.91 Å². The quantitative estimate of drug-likeness (QED) is 0.787. The van der Waals surface area contributed by atoms with Crippen molar-refractivity contribution in [2.75, 3.05) is 19.6 Å². The van der Waals surface area contributed by atoms with Crippen LogP contribution in [-0.4, -0.2) is 58.5 Å². The lowest BCUT2D eigenvalue weighted by atomic mass is 10.0. The zero-order chi connectivity index (χ0) is 17.6. The van der Waals surface area contributed by atoms with Crippen molar-refractivity contribution >= 4 is 11.9 Å². The van der Waals surface area contributed by atoms with E-state index in [0.29, 0.717) is 12.1 Å². The summed E-state index contributed by atoms with van der Waals surface area (Å²) in [6.07, 6.45) is 5.31. The number of carboxylic acid groups (broad SMARTS) is 1. The highest BCUT2D eigenvalue weighted by Crippen LogP contribution is 2.32. The van der Waals surface area contributed by atoms with Gasteiger partial charge in [-0.2, -0.15) is 0 Å². The van der Waals surface area contributed by atoms with Gasteiger partial charge in [-0.1, -0.05) is 30.3 Å². The lowest BCUT2D eigenvalue weighted by Gasteiger charge is -2.39. The first-order chi connectivity index (χ1) is 12.1. The maximum Gasteiger partial charge on any atom is 0.303 e. The number of amides is 1. The molecule has 2 fully saturated rings. The molecule has 1 aliphatic carbocycles.